The Labute approximate surface area is 98.8 Å². The van der Waals surface area contributed by atoms with Gasteiger partial charge in [0.25, 0.3) is 0 Å². The number of carboxylic acids is 1. The number of aliphatic hydroxyl groups is 1. The van der Waals surface area contributed by atoms with Gasteiger partial charge in [-0.05, 0) is 24.1 Å². The lowest BCUT2D eigenvalue weighted by atomic mass is 10.0. The monoisotopic (exact) mass is 294 g/mol. The lowest BCUT2D eigenvalue weighted by Crippen LogP contribution is -2.35. The quantitative estimate of drug-likeness (QED) is 0.901. The van der Waals surface area contributed by atoms with E-state index in [1.54, 1.807) is 6.92 Å². The molecule has 0 bridgehead atoms. The van der Waals surface area contributed by atoms with Crippen molar-refractivity contribution in [3.63, 3.8) is 0 Å². The second-order valence-corrected chi connectivity index (χ2v) is 4.19. The Hall–Kier alpha value is -1.01. The van der Waals surface area contributed by atoms with Crippen molar-refractivity contribution in [2.75, 3.05) is 0 Å². The number of halogens is 3. The number of alkyl halides is 2. The summed E-state index contributed by atoms with van der Waals surface area (Å²) in [6.45, 7) is 1.65. The second kappa shape index (κ2) is 4.47. The third-order valence-electron chi connectivity index (χ3n) is 2.13. The third-order valence-corrected chi connectivity index (χ3v) is 3.02. The van der Waals surface area contributed by atoms with Crippen molar-refractivity contribution < 1.29 is 23.8 Å². The first kappa shape index (κ1) is 13.1. The summed E-state index contributed by atoms with van der Waals surface area (Å²) < 4.78 is 26.7. The molecule has 16 heavy (non-hydrogen) atoms. The summed E-state index contributed by atoms with van der Waals surface area (Å²) in [6.07, 6.45) is -2.35. The van der Waals surface area contributed by atoms with E-state index >= 15 is 0 Å². The Balaban J connectivity index is 3.10. The maximum Gasteiger partial charge on any atom is 0.377 e. The van der Waals surface area contributed by atoms with Gasteiger partial charge in [-0.3, -0.25) is 0 Å². The van der Waals surface area contributed by atoms with Crippen LogP contribution in [0.3, 0.4) is 0 Å². The summed E-state index contributed by atoms with van der Waals surface area (Å²) >= 11 is 3.17. The van der Waals surface area contributed by atoms with Gasteiger partial charge in [0, 0.05) is 4.47 Å². The van der Waals surface area contributed by atoms with Crippen molar-refractivity contribution in [1.82, 2.24) is 0 Å². The van der Waals surface area contributed by atoms with Crippen LogP contribution in [0.1, 0.15) is 17.2 Å². The van der Waals surface area contributed by atoms with Gasteiger partial charge in [0.15, 0.2) is 6.10 Å². The van der Waals surface area contributed by atoms with Crippen molar-refractivity contribution in [3.8, 4) is 0 Å². The number of aryl methyl sites for hydroxylation is 1. The van der Waals surface area contributed by atoms with Crippen molar-refractivity contribution in [2.24, 2.45) is 0 Å². The van der Waals surface area contributed by atoms with E-state index in [1.165, 1.54) is 18.2 Å². The summed E-state index contributed by atoms with van der Waals surface area (Å²) in [4.78, 5) is 10.3. The van der Waals surface area contributed by atoms with Crippen LogP contribution in [0, 0.1) is 6.92 Å². The topological polar surface area (TPSA) is 57.5 Å². The molecule has 6 heteroatoms. The van der Waals surface area contributed by atoms with Crippen LogP contribution in [-0.2, 0) is 4.79 Å². The fraction of sp³-hybridized carbons (Fsp3) is 0.300. The van der Waals surface area contributed by atoms with Gasteiger partial charge in [-0.2, -0.15) is 8.78 Å². The third kappa shape index (κ3) is 2.38. The van der Waals surface area contributed by atoms with Gasteiger partial charge in [0.1, 0.15) is 0 Å². The molecule has 0 aliphatic heterocycles. The molecule has 0 aromatic heterocycles. The van der Waals surface area contributed by atoms with Gasteiger partial charge < -0.3 is 10.2 Å². The molecular weight excluding hydrogens is 286 g/mol. The standard InChI is InChI=1S/C10H9BrF2O3/c1-5-4-6(2-3-7(5)11)8(14)10(12,13)9(15)16/h2-4,8,14H,1H3,(H,15,16). The van der Waals surface area contributed by atoms with Gasteiger partial charge in [-0.1, -0.05) is 28.1 Å². The Morgan fingerprint density at radius 2 is 2.06 bits per heavy atom. The van der Waals surface area contributed by atoms with Crippen LogP contribution in [-0.4, -0.2) is 22.1 Å². The van der Waals surface area contributed by atoms with Crippen LogP contribution in [0.15, 0.2) is 22.7 Å². The smallest absolute Gasteiger partial charge is 0.377 e. The molecule has 1 atom stereocenters. The number of aliphatic hydroxyl groups excluding tert-OH is 1. The van der Waals surface area contributed by atoms with Crippen LogP contribution in [0.4, 0.5) is 8.78 Å². The van der Waals surface area contributed by atoms with E-state index in [0.29, 0.717) is 10.0 Å². The van der Waals surface area contributed by atoms with Crippen molar-refractivity contribution in [1.29, 1.82) is 0 Å². The molecule has 0 fully saturated rings. The molecular formula is C10H9BrF2O3. The summed E-state index contributed by atoms with van der Waals surface area (Å²) in [6, 6.07) is 4.04. The number of carbonyl (C=O) groups is 1. The SMILES string of the molecule is Cc1cc(C(O)C(F)(F)C(=O)O)ccc1Br. The molecule has 0 aliphatic rings. The van der Waals surface area contributed by atoms with Gasteiger partial charge in [0.05, 0.1) is 0 Å². The van der Waals surface area contributed by atoms with Gasteiger partial charge in [-0.25, -0.2) is 4.79 Å². The molecule has 3 nitrogen and oxygen atoms in total. The molecule has 1 aromatic rings. The highest BCUT2D eigenvalue weighted by molar-refractivity contribution is 9.10. The average Bonchev–Trinajstić information content (AvgIpc) is 2.20. The van der Waals surface area contributed by atoms with Gasteiger partial charge in [-0.15, -0.1) is 0 Å². The lowest BCUT2D eigenvalue weighted by Gasteiger charge is -2.19. The highest BCUT2D eigenvalue weighted by Gasteiger charge is 2.47. The summed E-state index contributed by atoms with van der Waals surface area (Å²) in [5, 5.41) is 17.6. The minimum Gasteiger partial charge on any atom is -0.477 e. The molecule has 0 saturated heterocycles. The average molecular weight is 295 g/mol. The first-order valence-electron chi connectivity index (χ1n) is 4.32. The molecule has 0 heterocycles. The minimum atomic E-state index is -4.19. The molecule has 1 aromatic carbocycles. The van der Waals surface area contributed by atoms with E-state index in [1.807, 2.05) is 0 Å². The molecule has 0 saturated carbocycles. The van der Waals surface area contributed by atoms with Gasteiger partial charge >= 0.3 is 11.9 Å². The normalized spacial score (nSPS) is 13.6. The van der Waals surface area contributed by atoms with E-state index in [9.17, 15) is 18.7 Å². The molecule has 88 valence electrons. The van der Waals surface area contributed by atoms with E-state index in [-0.39, 0.29) is 5.56 Å². The van der Waals surface area contributed by atoms with Crippen LogP contribution in [0.2, 0.25) is 0 Å². The predicted octanol–water partition coefficient (Wildman–Crippen LogP) is 2.51. The predicted molar refractivity (Wildman–Crippen MR) is 56.4 cm³/mol. The molecule has 2 N–H and O–H groups in total. The molecule has 0 aliphatic carbocycles. The first-order valence-corrected chi connectivity index (χ1v) is 5.11. The summed E-state index contributed by atoms with van der Waals surface area (Å²) in [5.74, 6) is -6.54. The number of hydrogen-bond donors (Lipinski definition) is 2. The van der Waals surface area contributed by atoms with E-state index in [2.05, 4.69) is 15.9 Å². The zero-order valence-electron chi connectivity index (χ0n) is 8.25. The fourth-order valence-electron chi connectivity index (χ4n) is 1.16. The zero-order chi connectivity index (χ0) is 12.5. The van der Waals surface area contributed by atoms with Crippen molar-refractivity contribution >= 4 is 21.9 Å². The second-order valence-electron chi connectivity index (χ2n) is 3.34. The van der Waals surface area contributed by atoms with Crippen molar-refractivity contribution in [3.05, 3.63) is 33.8 Å². The Bertz CT molecular complexity index is 421. The number of benzene rings is 1. The Kier molecular flexibility index (Phi) is 3.64. The minimum absolute atomic E-state index is 0.131. The van der Waals surface area contributed by atoms with Gasteiger partial charge in [0.2, 0.25) is 0 Å². The largest absolute Gasteiger partial charge is 0.477 e. The first-order chi connectivity index (χ1) is 7.26. The maximum atomic E-state index is 13.0. The zero-order valence-corrected chi connectivity index (χ0v) is 9.83. The number of rotatable bonds is 3. The number of hydrogen-bond acceptors (Lipinski definition) is 2. The highest BCUT2D eigenvalue weighted by Crippen LogP contribution is 2.33. The van der Waals surface area contributed by atoms with E-state index in [4.69, 9.17) is 5.11 Å². The van der Waals surface area contributed by atoms with Crippen molar-refractivity contribution in [2.45, 2.75) is 19.0 Å². The van der Waals surface area contributed by atoms with E-state index < -0.39 is 18.0 Å². The molecule has 0 amide bonds. The number of aliphatic carboxylic acids is 1. The maximum absolute atomic E-state index is 13.0. The molecule has 1 unspecified atom stereocenters. The highest BCUT2D eigenvalue weighted by atomic mass is 79.9. The lowest BCUT2D eigenvalue weighted by molar-refractivity contribution is -0.182. The van der Waals surface area contributed by atoms with Crippen LogP contribution in [0.25, 0.3) is 0 Å². The molecule has 0 radical (unpaired) electrons. The molecule has 1 rings (SSSR count). The Morgan fingerprint density at radius 1 is 1.50 bits per heavy atom. The number of carboxylic acid groups (broad SMARTS) is 1. The molecule has 0 spiro atoms. The van der Waals surface area contributed by atoms with E-state index in [0.717, 1.165) is 0 Å². The Morgan fingerprint density at radius 3 is 2.50 bits per heavy atom. The van der Waals surface area contributed by atoms with Crippen LogP contribution in [0.5, 0.6) is 0 Å². The van der Waals surface area contributed by atoms with Crippen LogP contribution < -0.4 is 0 Å². The summed E-state index contributed by atoms with van der Waals surface area (Å²) in [5.41, 5.74) is 0.505. The van der Waals surface area contributed by atoms with Crippen LogP contribution >= 0.6 is 15.9 Å². The summed E-state index contributed by atoms with van der Waals surface area (Å²) in [7, 11) is 0. The fourth-order valence-corrected chi connectivity index (χ4v) is 1.41.